The minimum absolute atomic E-state index is 0.135. The molecule has 0 fully saturated rings. The summed E-state index contributed by atoms with van der Waals surface area (Å²) in [5.41, 5.74) is 0.0860. The first kappa shape index (κ1) is 20.7. The van der Waals surface area contributed by atoms with Crippen LogP contribution in [0.15, 0.2) is 24.3 Å². The molecule has 7 nitrogen and oxygen atoms in total. The van der Waals surface area contributed by atoms with E-state index in [1.54, 1.807) is 24.3 Å². The van der Waals surface area contributed by atoms with Gasteiger partial charge in [-0.1, -0.05) is 26.0 Å². The number of fused-ring (bicyclic) bond motifs is 1. The summed E-state index contributed by atoms with van der Waals surface area (Å²) in [6, 6.07) is 6.99. The number of nitrogens with zero attached hydrogens (tertiary/aromatic N) is 1. The maximum Gasteiger partial charge on any atom is 0.326 e. The monoisotopic (exact) mass is 376 g/mol. The number of nitrogens with one attached hydrogen (secondary N) is 1. The van der Waals surface area contributed by atoms with Crippen LogP contribution in [0.5, 0.6) is 5.75 Å². The topological polar surface area (TPSA) is 84.9 Å². The molecule has 0 saturated carbocycles. The molecule has 0 unspecified atom stereocenters. The molecule has 0 aromatic heterocycles. The van der Waals surface area contributed by atoms with Crippen molar-refractivity contribution in [1.82, 2.24) is 5.32 Å². The number of ether oxygens (including phenoxy) is 2. The molecular formula is C20H28N2O5. The summed E-state index contributed by atoms with van der Waals surface area (Å²) in [6.45, 7) is 9.09. The summed E-state index contributed by atoms with van der Waals surface area (Å²) in [5.74, 6) is -0.591. The molecule has 0 saturated heterocycles. The lowest BCUT2D eigenvalue weighted by molar-refractivity contribution is -0.156. The lowest BCUT2D eigenvalue weighted by atomic mass is 10.0. The Morgan fingerprint density at radius 1 is 1.26 bits per heavy atom. The fourth-order valence-corrected chi connectivity index (χ4v) is 2.74. The van der Waals surface area contributed by atoms with Gasteiger partial charge >= 0.3 is 5.97 Å². The summed E-state index contributed by atoms with van der Waals surface area (Å²) in [6.07, 6.45) is -0.496. The molecule has 1 aromatic rings. The Morgan fingerprint density at radius 2 is 1.93 bits per heavy atom. The number of benzene rings is 1. The number of hydrogen-bond acceptors (Lipinski definition) is 5. The van der Waals surface area contributed by atoms with Gasteiger partial charge in [0.1, 0.15) is 12.3 Å². The highest BCUT2D eigenvalue weighted by Gasteiger charge is 2.31. The molecule has 1 aromatic carbocycles. The molecule has 2 amide bonds. The number of amides is 2. The third-order valence-corrected chi connectivity index (χ3v) is 3.85. The summed E-state index contributed by atoms with van der Waals surface area (Å²) in [4.78, 5) is 38.5. The lowest BCUT2D eigenvalue weighted by Gasteiger charge is -2.29. The Hall–Kier alpha value is -2.57. The van der Waals surface area contributed by atoms with E-state index < -0.39 is 17.6 Å². The predicted octanol–water partition coefficient (Wildman–Crippen LogP) is 2.28. The van der Waals surface area contributed by atoms with Gasteiger partial charge in [-0.25, -0.2) is 0 Å². The van der Waals surface area contributed by atoms with Gasteiger partial charge in [0.2, 0.25) is 0 Å². The molecule has 1 atom stereocenters. The van der Waals surface area contributed by atoms with Crippen molar-refractivity contribution in [3.63, 3.8) is 0 Å². The molecule has 148 valence electrons. The van der Waals surface area contributed by atoms with Crippen molar-refractivity contribution in [2.24, 2.45) is 5.92 Å². The molecule has 0 bridgehead atoms. The third-order valence-electron chi connectivity index (χ3n) is 3.85. The van der Waals surface area contributed by atoms with Crippen LogP contribution in [0.2, 0.25) is 0 Å². The van der Waals surface area contributed by atoms with Crippen molar-refractivity contribution in [1.29, 1.82) is 0 Å². The van der Waals surface area contributed by atoms with E-state index in [-0.39, 0.29) is 30.9 Å². The zero-order chi connectivity index (χ0) is 20.2. The zero-order valence-corrected chi connectivity index (χ0v) is 16.6. The Morgan fingerprint density at radius 3 is 2.56 bits per heavy atom. The third kappa shape index (κ3) is 5.98. The van der Waals surface area contributed by atoms with Gasteiger partial charge in [-0.05, 0) is 45.2 Å². The minimum atomic E-state index is -0.900. The summed E-state index contributed by atoms with van der Waals surface area (Å²) in [7, 11) is 0. The Kier molecular flexibility index (Phi) is 6.46. The second kappa shape index (κ2) is 8.41. The predicted molar refractivity (Wildman–Crippen MR) is 102 cm³/mol. The molecule has 1 aliphatic rings. The van der Waals surface area contributed by atoms with Crippen LogP contribution in [0.25, 0.3) is 0 Å². The quantitative estimate of drug-likeness (QED) is 0.770. The van der Waals surface area contributed by atoms with Crippen LogP contribution in [-0.2, 0) is 19.1 Å². The Labute approximate surface area is 160 Å². The molecule has 0 aliphatic carbocycles. The van der Waals surface area contributed by atoms with E-state index in [9.17, 15) is 14.4 Å². The fourth-order valence-electron chi connectivity index (χ4n) is 2.74. The first-order valence-electron chi connectivity index (χ1n) is 9.10. The van der Waals surface area contributed by atoms with Crippen LogP contribution in [0, 0.1) is 5.92 Å². The molecule has 1 heterocycles. The van der Waals surface area contributed by atoms with Gasteiger partial charge in [0.25, 0.3) is 11.8 Å². The molecule has 0 radical (unpaired) electrons. The first-order valence-corrected chi connectivity index (χ1v) is 9.10. The summed E-state index contributed by atoms with van der Waals surface area (Å²) in [5, 5.41) is 2.84. The average Bonchev–Trinajstić information content (AvgIpc) is 2.55. The first-order chi connectivity index (χ1) is 12.6. The molecule has 7 heteroatoms. The number of carbonyl (C=O) groups excluding carboxylic acids is 3. The molecule has 0 spiro atoms. The number of para-hydroxylation sites is 2. The average molecular weight is 376 g/mol. The van der Waals surface area contributed by atoms with Crippen molar-refractivity contribution >= 4 is 23.5 Å². The van der Waals surface area contributed by atoms with E-state index in [2.05, 4.69) is 5.32 Å². The Bertz CT molecular complexity index is 709. The van der Waals surface area contributed by atoms with Gasteiger partial charge in [0.05, 0.1) is 5.69 Å². The number of carbonyl (C=O) groups is 3. The number of rotatable bonds is 6. The Balaban J connectivity index is 2.09. The highest BCUT2D eigenvalue weighted by Crippen LogP contribution is 2.31. The van der Waals surface area contributed by atoms with Crippen LogP contribution < -0.4 is 15.0 Å². The van der Waals surface area contributed by atoms with Crippen molar-refractivity contribution in [2.45, 2.75) is 52.7 Å². The van der Waals surface area contributed by atoms with Crippen molar-refractivity contribution in [3.8, 4) is 5.75 Å². The second-order valence-electron chi connectivity index (χ2n) is 8.08. The van der Waals surface area contributed by atoms with E-state index in [1.165, 1.54) is 4.90 Å². The number of hydrogen-bond donors (Lipinski definition) is 1. The minimum Gasteiger partial charge on any atom is -0.482 e. The van der Waals surface area contributed by atoms with Crippen molar-refractivity contribution in [2.75, 3.05) is 18.1 Å². The summed E-state index contributed by atoms with van der Waals surface area (Å²) < 4.78 is 10.8. The molecule has 1 aliphatic heterocycles. The smallest absolute Gasteiger partial charge is 0.326 e. The lowest BCUT2D eigenvalue weighted by Crippen LogP contribution is -2.49. The van der Waals surface area contributed by atoms with Gasteiger partial charge in [-0.2, -0.15) is 0 Å². The van der Waals surface area contributed by atoms with E-state index in [1.807, 2.05) is 34.6 Å². The number of esters is 1. The van der Waals surface area contributed by atoms with Crippen LogP contribution in [-0.4, -0.2) is 42.6 Å². The maximum absolute atomic E-state index is 12.5. The molecular weight excluding hydrogens is 348 g/mol. The van der Waals surface area contributed by atoms with Gasteiger partial charge < -0.3 is 14.8 Å². The largest absolute Gasteiger partial charge is 0.482 e. The van der Waals surface area contributed by atoms with Crippen LogP contribution in [0.1, 0.15) is 41.0 Å². The van der Waals surface area contributed by atoms with E-state index in [0.29, 0.717) is 17.9 Å². The normalized spacial score (nSPS) is 15.0. The van der Waals surface area contributed by atoms with E-state index in [4.69, 9.17) is 9.47 Å². The van der Waals surface area contributed by atoms with Crippen molar-refractivity contribution < 1.29 is 23.9 Å². The highest BCUT2D eigenvalue weighted by molar-refractivity contribution is 6.01. The van der Waals surface area contributed by atoms with Crippen LogP contribution in [0.3, 0.4) is 0 Å². The highest BCUT2D eigenvalue weighted by atomic mass is 16.5. The fraction of sp³-hybridized carbons (Fsp3) is 0.550. The SMILES string of the molecule is CC(C)C[C@H](OC(=O)CN1C(=O)COc2ccccc21)C(=O)NC(C)(C)C. The summed E-state index contributed by atoms with van der Waals surface area (Å²) >= 11 is 0. The van der Waals surface area contributed by atoms with Gasteiger partial charge in [0.15, 0.2) is 12.7 Å². The zero-order valence-electron chi connectivity index (χ0n) is 16.6. The van der Waals surface area contributed by atoms with Crippen LogP contribution >= 0.6 is 0 Å². The maximum atomic E-state index is 12.5. The van der Waals surface area contributed by atoms with Crippen molar-refractivity contribution in [3.05, 3.63) is 24.3 Å². The van der Waals surface area contributed by atoms with E-state index >= 15 is 0 Å². The van der Waals surface area contributed by atoms with Crippen LogP contribution in [0.4, 0.5) is 5.69 Å². The van der Waals surface area contributed by atoms with Gasteiger partial charge in [-0.3, -0.25) is 19.3 Å². The van der Waals surface area contributed by atoms with Gasteiger partial charge in [0, 0.05) is 5.54 Å². The second-order valence-corrected chi connectivity index (χ2v) is 8.08. The molecule has 2 rings (SSSR count). The molecule has 1 N–H and O–H groups in total. The number of anilines is 1. The standard InChI is InChI=1S/C20H28N2O5/c1-13(2)10-16(19(25)21-20(3,4)5)27-18(24)11-22-14-8-6-7-9-15(14)26-12-17(22)23/h6-9,13,16H,10-12H2,1-5H3,(H,21,25)/t16-/m0/s1. The van der Waals surface area contributed by atoms with E-state index in [0.717, 1.165) is 0 Å². The molecule has 27 heavy (non-hydrogen) atoms. The van der Waals surface area contributed by atoms with Gasteiger partial charge in [-0.15, -0.1) is 0 Å².